The highest BCUT2D eigenvalue weighted by molar-refractivity contribution is 7.98. The molecule has 4 rings (SSSR count). The molecular weight excluding hydrogens is 365 g/mol. The van der Waals surface area contributed by atoms with Gasteiger partial charge < -0.3 is 13.9 Å². The van der Waals surface area contributed by atoms with Crippen LogP contribution >= 0.6 is 23.1 Å². The van der Waals surface area contributed by atoms with E-state index in [2.05, 4.69) is 15.2 Å². The zero-order valence-corrected chi connectivity index (χ0v) is 15.0. The average molecular weight is 379 g/mol. The second kappa shape index (κ2) is 7.11. The number of aryl methyl sites for hydroxylation is 1. The molecule has 0 atom stereocenters. The summed E-state index contributed by atoms with van der Waals surface area (Å²) in [5.74, 6) is 1.35. The van der Waals surface area contributed by atoms with Gasteiger partial charge in [0.25, 0.3) is 5.22 Å². The molecule has 3 heterocycles. The molecule has 130 valence electrons. The van der Waals surface area contributed by atoms with Gasteiger partial charge in [0.15, 0.2) is 6.79 Å². The van der Waals surface area contributed by atoms with Crippen LogP contribution in [0.25, 0.3) is 0 Å². The van der Waals surface area contributed by atoms with Gasteiger partial charge in [0, 0.05) is 22.3 Å². The van der Waals surface area contributed by atoms with Crippen LogP contribution in [0.3, 0.4) is 0 Å². The molecule has 2 aromatic heterocycles. The number of halogens is 1. The molecule has 9 heteroatoms. The second-order valence-corrected chi connectivity index (χ2v) is 7.44. The molecule has 1 aromatic carbocycles. The first kappa shape index (κ1) is 16.5. The summed E-state index contributed by atoms with van der Waals surface area (Å²) in [6, 6.07) is 2.90. The summed E-state index contributed by atoms with van der Waals surface area (Å²) in [6.45, 7) is 2.48. The summed E-state index contributed by atoms with van der Waals surface area (Å²) < 4.78 is 30.1. The summed E-state index contributed by atoms with van der Waals surface area (Å²) in [6.07, 6.45) is 0.508. The third kappa shape index (κ3) is 3.83. The number of thioether (sulfide) groups is 1. The highest BCUT2D eigenvalue weighted by atomic mass is 32.2. The first-order chi connectivity index (χ1) is 12.2. The van der Waals surface area contributed by atoms with Gasteiger partial charge in [-0.15, -0.1) is 21.5 Å². The number of rotatable bonds is 5. The highest BCUT2D eigenvalue weighted by Gasteiger charge is 2.18. The van der Waals surface area contributed by atoms with E-state index >= 15 is 0 Å². The minimum atomic E-state index is -0.312. The van der Waals surface area contributed by atoms with Crippen LogP contribution in [-0.2, 0) is 23.5 Å². The van der Waals surface area contributed by atoms with E-state index < -0.39 is 0 Å². The van der Waals surface area contributed by atoms with E-state index in [1.165, 1.54) is 23.9 Å². The van der Waals surface area contributed by atoms with Crippen LogP contribution in [0.1, 0.15) is 27.7 Å². The van der Waals surface area contributed by atoms with E-state index in [1.54, 1.807) is 11.3 Å². The van der Waals surface area contributed by atoms with Gasteiger partial charge in [-0.05, 0) is 19.1 Å². The van der Waals surface area contributed by atoms with Gasteiger partial charge in [0.1, 0.15) is 11.6 Å². The fourth-order valence-electron chi connectivity index (χ4n) is 2.52. The third-order valence-electron chi connectivity index (χ3n) is 3.55. The minimum Gasteiger partial charge on any atom is -0.467 e. The number of hydrogen-bond donors (Lipinski definition) is 0. The van der Waals surface area contributed by atoms with Crippen molar-refractivity contribution in [1.82, 2.24) is 15.2 Å². The van der Waals surface area contributed by atoms with Crippen LogP contribution in [0.15, 0.2) is 27.2 Å². The summed E-state index contributed by atoms with van der Waals surface area (Å²) in [4.78, 5) is 4.38. The fraction of sp³-hybridized carbons (Fsp3) is 0.312. The van der Waals surface area contributed by atoms with E-state index in [-0.39, 0.29) is 12.6 Å². The topological polar surface area (TPSA) is 70.3 Å². The monoisotopic (exact) mass is 379 g/mol. The van der Waals surface area contributed by atoms with Crippen molar-refractivity contribution in [3.63, 3.8) is 0 Å². The van der Waals surface area contributed by atoms with E-state index in [1.807, 2.05) is 12.3 Å². The molecule has 0 unspecified atom stereocenters. The summed E-state index contributed by atoms with van der Waals surface area (Å²) in [5.41, 5.74) is 2.38. The first-order valence-electron chi connectivity index (χ1n) is 7.55. The Kier molecular flexibility index (Phi) is 4.69. The Balaban J connectivity index is 1.44. The van der Waals surface area contributed by atoms with Crippen LogP contribution in [0, 0.1) is 12.7 Å². The zero-order valence-electron chi connectivity index (χ0n) is 13.3. The predicted molar refractivity (Wildman–Crippen MR) is 90.2 cm³/mol. The molecule has 0 bridgehead atoms. The Bertz CT molecular complexity index is 897. The fourth-order valence-corrected chi connectivity index (χ4v) is 3.88. The number of ether oxygens (including phenoxy) is 2. The predicted octanol–water partition coefficient (Wildman–Crippen LogP) is 3.72. The molecular formula is C16H14FN3O3S2. The van der Waals surface area contributed by atoms with Crippen molar-refractivity contribution >= 4 is 23.1 Å². The smallest absolute Gasteiger partial charge is 0.276 e. The van der Waals surface area contributed by atoms with Crippen LogP contribution in [0.4, 0.5) is 4.39 Å². The van der Waals surface area contributed by atoms with Gasteiger partial charge >= 0.3 is 0 Å². The van der Waals surface area contributed by atoms with Crippen LogP contribution in [0.5, 0.6) is 5.75 Å². The van der Waals surface area contributed by atoms with Crippen molar-refractivity contribution in [3.8, 4) is 5.75 Å². The van der Waals surface area contributed by atoms with E-state index in [0.29, 0.717) is 41.2 Å². The van der Waals surface area contributed by atoms with E-state index in [4.69, 9.17) is 13.9 Å². The van der Waals surface area contributed by atoms with Gasteiger partial charge in [-0.25, -0.2) is 9.37 Å². The lowest BCUT2D eigenvalue weighted by Gasteiger charge is -2.20. The maximum absolute atomic E-state index is 13.8. The van der Waals surface area contributed by atoms with Crippen LogP contribution < -0.4 is 4.74 Å². The quantitative estimate of drug-likeness (QED) is 0.626. The third-order valence-corrected chi connectivity index (χ3v) is 5.24. The molecule has 1 aliphatic rings. The van der Waals surface area contributed by atoms with Crippen molar-refractivity contribution in [3.05, 3.63) is 51.0 Å². The Labute approximate surface area is 151 Å². The molecule has 0 amide bonds. The van der Waals surface area contributed by atoms with Gasteiger partial charge in [0.05, 0.1) is 23.7 Å². The van der Waals surface area contributed by atoms with Crippen molar-refractivity contribution in [2.75, 3.05) is 6.79 Å². The maximum atomic E-state index is 13.8. The minimum absolute atomic E-state index is 0.175. The summed E-state index contributed by atoms with van der Waals surface area (Å²) in [7, 11) is 0. The lowest BCUT2D eigenvalue weighted by Crippen LogP contribution is -2.13. The molecule has 0 spiro atoms. The van der Waals surface area contributed by atoms with Crippen LogP contribution in [-0.4, -0.2) is 22.0 Å². The Morgan fingerprint density at radius 1 is 1.32 bits per heavy atom. The highest BCUT2D eigenvalue weighted by Crippen LogP contribution is 2.33. The maximum Gasteiger partial charge on any atom is 0.276 e. The summed E-state index contributed by atoms with van der Waals surface area (Å²) >= 11 is 2.93. The standard InChI is InChI=1S/C16H14FN3O3S2/c1-9-18-13(7-24-9)4-14-19-20-16(23-14)25-6-11-3-12(17)2-10-5-21-8-22-15(10)11/h2-3,7H,4-6,8H2,1H3. The second-order valence-electron chi connectivity index (χ2n) is 5.45. The van der Waals surface area contributed by atoms with E-state index in [0.717, 1.165) is 16.3 Å². The Morgan fingerprint density at radius 2 is 2.24 bits per heavy atom. The first-order valence-corrected chi connectivity index (χ1v) is 9.42. The van der Waals surface area contributed by atoms with Crippen molar-refractivity contribution in [2.24, 2.45) is 0 Å². The number of aromatic nitrogens is 3. The summed E-state index contributed by atoms with van der Waals surface area (Å²) in [5, 5.41) is 11.5. The molecule has 6 nitrogen and oxygen atoms in total. The normalized spacial score (nSPS) is 13.5. The molecule has 25 heavy (non-hydrogen) atoms. The number of hydrogen-bond acceptors (Lipinski definition) is 8. The Morgan fingerprint density at radius 3 is 3.08 bits per heavy atom. The average Bonchev–Trinajstić information content (AvgIpc) is 3.21. The molecule has 0 saturated heterocycles. The number of nitrogens with zero attached hydrogens (tertiary/aromatic N) is 3. The van der Waals surface area contributed by atoms with Crippen molar-refractivity contribution in [2.45, 2.75) is 30.9 Å². The number of fused-ring (bicyclic) bond motifs is 1. The lowest BCUT2D eigenvalue weighted by atomic mass is 10.1. The molecule has 1 aliphatic heterocycles. The molecule has 0 aliphatic carbocycles. The Hall–Kier alpha value is -1.97. The van der Waals surface area contributed by atoms with E-state index in [9.17, 15) is 4.39 Å². The van der Waals surface area contributed by atoms with Gasteiger partial charge in [-0.3, -0.25) is 0 Å². The molecule has 0 radical (unpaired) electrons. The van der Waals surface area contributed by atoms with Crippen LogP contribution in [0.2, 0.25) is 0 Å². The van der Waals surface area contributed by atoms with Crippen molar-refractivity contribution < 1.29 is 18.3 Å². The number of thiazole rings is 1. The lowest BCUT2D eigenvalue weighted by molar-refractivity contribution is -0.0171. The van der Waals surface area contributed by atoms with Gasteiger partial charge in [0.2, 0.25) is 5.89 Å². The zero-order chi connectivity index (χ0) is 17.2. The number of benzene rings is 1. The largest absolute Gasteiger partial charge is 0.467 e. The molecule has 0 fully saturated rings. The molecule has 3 aromatic rings. The van der Waals surface area contributed by atoms with Gasteiger partial charge in [-0.1, -0.05) is 11.8 Å². The SMILES string of the molecule is Cc1nc(Cc2nnc(SCc3cc(F)cc4c3OCOC4)o2)cs1. The molecule has 0 N–H and O–H groups in total. The molecule has 0 saturated carbocycles. The van der Waals surface area contributed by atoms with Crippen molar-refractivity contribution in [1.29, 1.82) is 0 Å². The van der Waals surface area contributed by atoms with Gasteiger partial charge in [-0.2, -0.15) is 0 Å².